The molecule has 144 valence electrons. The van der Waals surface area contributed by atoms with Crippen LogP contribution >= 0.6 is 0 Å². The van der Waals surface area contributed by atoms with E-state index in [0.717, 1.165) is 60.0 Å². The van der Waals surface area contributed by atoms with Gasteiger partial charge >= 0.3 is 0 Å². The lowest BCUT2D eigenvalue weighted by Gasteiger charge is -2.28. The topological polar surface area (TPSA) is 90.8 Å². The maximum atomic E-state index is 9.52. The van der Waals surface area contributed by atoms with E-state index in [1.807, 2.05) is 36.7 Å². The molecule has 0 saturated carbocycles. The molecule has 0 spiro atoms. The average Bonchev–Trinajstić information content (AvgIpc) is 3.22. The Balaban J connectivity index is 1.34. The molecule has 0 aliphatic carbocycles. The molecule has 4 heterocycles. The first-order valence-electron chi connectivity index (χ1n) is 9.55. The number of H-pyrrole nitrogens is 1. The number of aromatic nitrogens is 5. The fourth-order valence-electron chi connectivity index (χ4n) is 3.70. The van der Waals surface area contributed by atoms with E-state index in [4.69, 9.17) is 4.98 Å². The summed E-state index contributed by atoms with van der Waals surface area (Å²) in [6.07, 6.45) is 8.23. The number of hydrogen-bond acceptors (Lipinski definition) is 6. The van der Waals surface area contributed by atoms with Crippen LogP contribution in [-0.2, 0) is 19.5 Å². The highest BCUT2D eigenvalue weighted by Gasteiger charge is 2.20. The van der Waals surface area contributed by atoms with Crippen molar-refractivity contribution in [3.8, 4) is 28.4 Å². The maximum absolute atomic E-state index is 9.52. The van der Waals surface area contributed by atoms with Gasteiger partial charge in [0.1, 0.15) is 5.75 Å². The van der Waals surface area contributed by atoms with Gasteiger partial charge in [0.25, 0.3) is 0 Å². The molecular formula is C22H20N6O. The van der Waals surface area contributed by atoms with Crippen molar-refractivity contribution < 1.29 is 5.11 Å². The van der Waals surface area contributed by atoms with Gasteiger partial charge in [0.05, 0.1) is 17.6 Å². The number of aromatic amines is 1. The molecule has 7 heteroatoms. The maximum Gasteiger partial charge on any atom is 0.159 e. The van der Waals surface area contributed by atoms with Gasteiger partial charge in [-0.1, -0.05) is 0 Å². The zero-order chi connectivity index (χ0) is 19.6. The Bertz CT molecular complexity index is 1120. The van der Waals surface area contributed by atoms with Crippen LogP contribution < -0.4 is 0 Å². The van der Waals surface area contributed by atoms with Crippen LogP contribution in [-0.4, -0.2) is 41.7 Å². The molecule has 7 nitrogen and oxygen atoms in total. The number of phenolic OH excluding ortho intramolecular Hbond substituents is 1. The predicted octanol–water partition coefficient (Wildman–Crippen LogP) is 3.19. The Kier molecular flexibility index (Phi) is 4.50. The third-order valence-electron chi connectivity index (χ3n) is 5.22. The van der Waals surface area contributed by atoms with E-state index < -0.39 is 0 Å². The lowest BCUT2D eigenvalue weighted by atomic mass is 10.0. The molecule has 29 heavy (non-hydrogen) atoms. The zero-order valence-corrected chi connectivity index (χ0v) is 15.8. The SMILES string of the molecule is Oc1ccc(-c2[nH]ncc2CN2CCc3nc(-c4ccncc4)ncc3C2)cc1. The van der Waals surface area contributed by atoms with E-state index in [0.29, 0.717) is 0 Å². The van der Waals surface area contributed by atoms with Crippen LogP contribution in [0, 0.1) is 0 Å². The quantitative estimate of drug-likeness (QED) is 0.562. The summed E-state index contributed by atoms with van der Waals surface area (Å²) in [7, 11) is 0. The van der Waals surface area contributed by atoms with Crippen molar-refractivity contribution in [3.05, 3.63) is 78.0 Å². The summed E-state index contributed by atoms with van der Waals surface area (Å²) in [6, 6.07) is 11.0. The number of rotatable bonds is 4. The lowest BCUT2D eigenvalue weighted by Crippen LogP contribution is -2.31. The van der Waals surface area contributed by atoms with Gasteiger partial charge in [0.2, 0.25) is 0 Å². The van der Waals surface area contributed by atoms with Gasteiger partial charge in [0, 0.05) is 66.9 Å². The molecule has 0 fully saturated rings. The van der Waals surface area contributed by atoms with Gasteiger partial charge in [-0.15, -0.1) is 0 Å². The summed E-state index contributed by atoms with van der Waals surface area (Å²) in [4.78, 5) is 15.8. The zero-order valence-electron chi connectivity index (χ0n) is 15.8. The van der Waals surface area contributed by atoms with Crippen molar-refractivity contribution in [2.75, 3.05) is 6.54 Å². The number of aromatic hydroxyl groups is 1. The molecule has 0 bridgehead atoms. The van der Waals surface area contributed by atoms with E-state index in [1.54, 1.807) is 24.5 Å². The van der Waals surface area contributed by atoms with Crippen LogP contribution in [0.5, 0.6) is 5.75 Å². The molecule has 0 unspecified atom stereocenters. The standard InChI is InChI=1S/C22H20N6O/c29-19-3-1-15(2-4-19)21-18(12-25-27-21)14-28-10-7-20-17(13-28)11-24-22(26-20)16-5-8-23-9-6-16/h1-6,8-9,11-12,29H,7,10,13-14H2,(H,25,27). The summed E-state index contributed by atoms with van der Waals surface area (Å²) in [5, 5.41) is 16.8. The number of phenols is 1. The fourth-order valence-corrected chi connectivity index (χ4v) is 3.70. The van der Waals surface area contributed by atoms with Crippen molar-refractivity contribution in [2.24, 2.45) is 0 Å². The first-order chi connectivity index (χ1) is 14.3. The average molecular weight is 384 g/mol. The van der Waals surface area contributed by atoms with Crippen LogP contribution in [0.3, 0.4) is 0 Å². The number of pyridine rings is 1. The number of hydrogen-bond donors (Lipinski definition) is 2. The third kappa shape index (κ3) is 3.60. The monoisotopic (exact) mass is 384 g/mol. The second-order valence-electron chi connectivity index (χ2n) is 7.18. The normalized spacial score (nSPS) is 13.9. The van der Waals surface area contributed by atoms with Crippen molar-refractivity contribution >= 4 is 0 Å². The smallest absolute Gasteiger partial charge is 0.159 e. The number of fused-ring (bicyclic) bond motifs is 1. The van der Waals surface area contributed by atoms with Gasteiger partial charge in [0.15, 0.2) is 5.82 Å². The number of nitrogens with zero attached hydrogens (tertiary/aromatic N) is 5. The summed E-state index contributed by atoms with van der Waals surface area (Å²) < 4.78 is 0. The highest BCUT2D eigenvalue weighted by atomic mass is 16.3. The molecule has 0 atom stereocenters. The second-order valence-corrected chi connectivity index (χ2v) is 7.18. The minimum absolute atomic E-state index is 0.258. The van der Waals surface area contributed by atoms with Crippen LogP contribution in [0.1, 0.15) is 16.8 Å². The minimum Gasteiger partial charge on any atom is -0.508 e. The summed E-state index contributed by atoms with van der Waals surface area (Å²) in [5.41, 5.74) is 6.41. The summed E-state index contributed by atoms with van der Waals surface area (Å²) >= 11 is 0. The summed E-state index contributed by atoms with van der Waals surface area (Å²) in [5.74, 6) is 1.01. The molecule has 3 aromatic heterocycles. The molecular weight excluding hydrogens is 364 g/mol. The Labute approximate surface area is 168 Å². The van der Waals surface area contributed by atoms with Crippen LogP contribution in [0.4, 0.5) is 0 Å². The fraction of sp³-hybridized carbons (Fsp3) is 0.182. The van der Waals surface area contributed by atoms with Gasteiger partial charge in [-0.05, 0) is 36.4 Å². The van der Waals surface area contributed by atoms with Gasteiger partial charge in [-0.2, -0.15) is 5.10 Å². The Hall–Kier alpha value is -3.58. The van der Waals surface area contributed by atoms with Crippen LogP contribution in [0.15, 0.2) is 61.2 Å². The van der Waals surface area contributed by atoms with Gasteiger partial charge in [-0.3, -0.25) is 15.0 Å². The van der Waals surface area contributed by atoms with E-state index in [9.17, 15) is 5.11 Å². The molecule has 1 aliphatic rings. The Morgan fingerprint density at radius 3 is 2.66 bits per heavy atom. The first kappa shape index (κ1) is 17.5. The lowest BCUT2D eigenvalue weighted by molar-refractivity contribution is 0.243. The molecule has 1 aromatic carbocycles. The summed E-state index contributed by atoms with van der Waals surface area (Å²) in [6.45, 7) is 2.53. The predicted molar refractivity (Wildman–Crippen MR) is 109 cm³/mol. The Morgan fingerprint density at radius 1 is 1.00 bits per heavy atom. The van der Waals surface area contributed by atoms with Crippen molar-refractivity contribution in [3.63, 3.8) is 0 Å². The minimum atomic E-state index is 0.258. The highest BCUT2D eigenvalue weighted by Crippen LogP contribution is 2.26. The molecule has 4 aromatic rings. The van der Waals surface area contributed by atoms with Crippen molar-refractivity contribution in [1.82, 2.24) is 30.0 Å². The van der Waals surface area contributed by atoms with Gasteiger partial charge in [-0.25, -0.2) is 9.97 Å². The molecule has 0 saturated heterocycles. The molecule has 1 aliphatic heterocycles. The first-order valence-corrected chi connectivity index (χ1v) is 9.55. The molecule has 5 rings (SSSR count). The van der Waals surface area contributed by atoms with Crippen molar-refractivity contribution in [2.45, 2.75) is 19.5 Å². The van der Waals surface area contributed by atoms with E-state index >= 15 is 0 Å². The van der Waals surface area contributed by atoms with Crippen LogP contribution in [0.2, 0.25) is 0 Å². The second kappa shape index (κ2) is 7.44. The van der Waals surface area contributed by atoms with Crippen molar-refractivity contribution in [1.29, 1.82) is 0 Å². The molecule has 0 amide bonds. The molecule has 2 N–H and O–H groups in total. The number of benzene rings is 1. The van der Waals surface area contributed by atoms with E-state index in [2.05, 4.69) is 25.1 Å². The van der Waals surface area contributed by atoms with Crippen LogP contribution in [0.25, 0.3) is 22.6 Å². The largest absolute Gasteiger partial charge is 0.508 e. The highest BCUT2D eigenvalue weighted by molar-refractivity contribution is 5.63. The van der Waals surface area contributed by atoms with E-state index in [1.165, 1.54) is 5.56 Å². The third-order valence-corrected chi connectivity index (χ3v) is 5.22. The molecule has 0 radical (unpaired) electrons. The number of nitrogens with one attached hydrogen (secondary N) is 1. The van der Waals surface area contributed by atoms with Gasteiger partial charge < -0.3 is 5.11 Å². The Morgan fingerprint density at radius 2 is 1.83 bits per heavy atom. The van der Waals surface area contributed by atoms with E-state index in [-0.39, 0.29) is 5.75 Å².